The molecule has 1 aliphatic carbocycles. The van der Waals surface area contributed by atoms with E-state index in [-0.39, 0.29) is 5.54 Å². The topological polar surface area (TPSA) is 39.1 Å². The number of rotatable bonds is 5. The maximum atomic E-state index is 9.73. The van der Waals surface area contributed by atoms with E-state index in [4.69, 9.17) is 0 Å². The standard InChI is InChI=1S/C18H33N3/c1-15(2)20-18(13-19)10-5-7-16(18)8-12-21-11-6-9-17(3,4)14-21/h15-16,20H,5-12,14H2,1-4H3. The molecule has 2 unspecified atom stereocenters. The number of hydrogen-bond acceptors (Lipinski definition) is 3. The van der Waals surface area contributed by atoms with E-state index in [1.807, 2.05) is 0 Å². The molecule has 21 heavy (non-hydrogen) atoms. The Morgan fingerprint density at radius 3 is 2.67 bits per heavy atom. The molecule has 0 radical (unpaired) electrons. The van der Waals surface area contributed by atoms with Gasteiger partial charge in [-0.1, -0.05) is 20.3 Å². The van der Waals surface area contributed by atoms with Crippen molar-refractivity contribution < 1.29 is 0 Å². The van der Waals surface area contributed by atoms with Crippen molar-refractivity contribution in [3.63, 3.8) is 0 Å². The average Bonchev–Trinajstić information content (AvgIpc) is 2.78. The van der Waals surface area contributed by atoms with Gasteiger partial charge in [0.15, 0.2) is 0 Å². The highest BCUT2D eigenvalue weighted by Gasteiger charge is 2.43. The Morgan fingerprint density at radius 2 is 2.05 bits per heavy atom. The summed E-state index contributed by atoms with van der Waals surface area (Å²) in [6, 6.07) is 3.02. The monoisotopic (exact) mass is 291 g/mol. The summed E-state index contributed by atoms with van der Waals surface area (Å²) >= 11 is 0. The lowest BCUT2D eigenvalue weighted by Gasteiger charge is -2.39. The molecule has 3 heteroatoms. The second kappa shape index (κ2) is 6.67. The van der Waals surface area contributed by atoms with Crippen LogP contribution in [0.15, 0.2) is 0 Å². The van der Waals surface area contributed by atoms with Crippen LogP contribution in [0.2, 0.25) is 0 Å². The van der Waals surface area contributed by atoms with Gasteiger partial charge in [0.25, 0.3) is 0 Å². The van der Waals surface area contributed by atoms with Gasteiger partial charge >= 0.3 is 0 Å². The Bertz CT molecular complexity index is 382. The van der Waals surface area contributed by atoms with Crippen molar-refractivity contribution in [1.29, 1.82) is 5.26 Å². The van der Waals surface area contributed by atoms with E-state index in [2.05, 4.69) is 44.0 Å². The van der Waals surface area contributed by atoms with Crippen LogP contribution in [-0.4, -0.2) is 36.1 Å². The first-order chi connectivity index (χ1) is 9.87. The maximum Gasteiger partial charge on any atom is 0.109 e. The number of nitrogens with zero attached hydrogens (tertiary/aromatic N) is 2. The molecule has 0 aromatic rings. The van der Waals surface area contributed by atoms with Crippen molar-refractivity contribution in [2.45, 2.75) is 77.8 Å². The maximum absolute atomic E-state index is 9.73. The second-order valence-electron chi connectivity index (χ2n) is 8.30. The molecule has 2 atom stereocenters. The van der Waals surface area contributed by atoms with Gasteiger partial charge in [0.1, 0.15) is 5.54 Å². The lowest BCUT2D eigenvalue weighted by Crippen LogP contribution is -2.51. The van der Waals surface area contributed by atoms with Crippen molar-refractivity contribution in [2.24, 2.45) is 11.3 Å². The van der Waals surface area contributed by atoms with Crippen LogP contribution in [-0.2, 0) is 0 Å². The summed E-state index contributed by atoms with van der Waals surface area (Å²) in [6.07, 6.45) is 7.28. The molecule has 0 aromatic heterocycles. The number of nitriles is 1. The smallest absolute Gasteiger partial charge is 0.109 e. The van der Waals surface area contributed by atoms with Gasteiger partial charge in [-0.2, -0.15) is 5.26 Å². The molecular weight excluding hydrogens is 258 g/mol. The Balaban J connectivity index is 1.91. The molecule has 3 nitrogen and oxygen atoms in total. The van der Waals surface area contributed by atoms with Crippen LogP contribution < -0.4 is 5.32 Å². The number of nitrogens with one attached hydrogen (secondary N) is 1. The van der Waals surface area contributed by atoms with Gasteiger partial charge in [-0.05, 0) is 70.4 Å². The Morgan fingerprint density at radius 1 is 1.29 bits per heavy atom. The molecule has 1 N–H and O–H groups in total. The largest absolute Gasteiger partial charge is 0.303 e. The van der Waals surface area contributed by atoms with E-state index in [1.54, 1.807) is 0 Å². The molecule has 2 fully saturated rings. The predicted octanol–water partition coefficient (Wildman–Crippen LogP) is 3.56. The Kier molecular flexibility index (Phi) is 5.33. The third-order valence-corrected chi connectivity index (χ3v) is 5.34. The molecule has 0 spiro atoms. The van der Waals surface area contributed by atoms with Crippen molar-refractivity contribution >= 4 is 0 Å². The molecule has 0 bridgehead atoms. The molecule has 1 heterocycles. The Labute approximate surface area is 131 Å². The van der Waals surface area contributed by atoms with Crippen LogP contribution in [0.4, 0.5) is 0 Å². The van der Waals surface area contributed by atoms with Gasteiger partial charge in [-0.3, -0.25) is 5.32 Å². The van der Waals surface area contributed by atoms with Crippen molar-refractivity contribution in [2.75, 3.05) is 19.6 Å². The van der Waals surface area contributed by atoms with E-state index in [1.165, 1.54) is 45.2 Å². The molecule has 1 saturated carbocycles. The highest BCUT2D eigenvalue weighted by Crippen LogP contribution is 2.38. The normalized spacial score (nSPS) is 33.2. The van der Waals surface area contributed by atoms with E-state index < -0.39 is 0 Å². The SMILES string of the molecule is CC(C)NC1(C#N)CCCC1CCN1CCCC(C)(C)C1. The van der Waals surface area contributed by atoms with E-state index in [0.717, 1.165) is 13.0 Å². The highest BCUT2D eigenvalue weighted by molar-refractivity contribution is 5.14. The van der Waals surface area contributed by atoms with Crippen molar-refractivity contribution in [3.8, 4) is 6.07 Å². The number of likely N-dealkylation sites (tertiary alicyclic amines) is 1. The van der Waals surface area contributed by atoms with Crippen LogP contribution >= 0.6 is 0 Å². The van der Waals surface area contributed by atoms with E-state index in [0.29, 0.717) is 17.4 Å². The summed E-state index contributed by atoms with van der Waals surface area (Å²) in [4.78, 5) is 2.62. The molecule has 1 saturated heterocycles. The number of piperidine rings is 1. The van der Waals surface area contributed by atoms with Gasteiger partial charge < -0.3 is 4.90 Å². The fourth-order valence-electron chi connectivity index (χ4n) is 4.43. The molecule has 0 amide bonds. The van der Waals surface area contributed by atoms with Crippen molar-refractivity contribution in [3.05, 3.63) is 0 Å². The lowest BCUT2D eigenvalue weighted by molar-refractivity contribution is 0.107. The lowest BCUT2D eigenvalue weighted by atomic mass is 9.82. The van der Waals surface area contributed by atoms with Gasteiger partial charge in [-0.25, -0.2) is 0 Å². The zero-order valence-electron chi connectivity index (χ0n) is 14.4. The first-order valence-corrected chi connectivity index (χ1v) is 8.78. The molecule has 2 aliphatic rings. The van der Waals surface area contributed by atoms with E-state index in [9.17, 15) is 5.26 Å². The third kappa shape index (κ3) is 4.20. The first kappa shape index (κ1) is 16.8. The first-order valence-electron chi connectivity index (χ1n) is 8.78. The molecule has 120 valence electrons. The summed E-state index contributed by atoms with van der Waals surface area (Å²) in [5.74, 6) is 0.523. The van der Waals surface area contributed by atoms with Gasteiger partial charge in [0, 0.05) is 12.6 Å². The highest BCUT2D eigenvalue weighted by atomic mass is 15.1. The van der Waals surface area contributed by atoms with Gasteiger partial charge in [0.2, 0.25) is 0 Å². The summed E-state index contributed by atoms with van der Waals surface area (Å²) in [6.45, 7) is 12.7. The van der Waals surface area contributed by atoms with Gasteiger partial charge in [-0.15, -0.1) is 0 Å². The van der Waals surface area contributed by atoms with Crippen LogP contribution in [0.3, 0.4) is 0 Å². The fraction of sp³-hybridized carbons (Fsp3) is 0.944. The fourth-order valence-corrected chi connectivity index (χ4v) is 4.43. The molecule has 1 aliphatic heterocycles. The zero-order chi connectivity index (χ0) is 15.5. The van der Waals surface area contributed by atoms with Crippen LogP contribution in [0.25, 0.3) is 0 Å². The van der Waals surface area contributed by atoms with E-state index >= 15 is 0 Å². The van der Waals surface area contributed by atoms with Crippen LogP contribution in [0.5, 0.6) is 0 Å². The van der Waals surface area contributed by atoms with Crippen LogP contribution in [0.1, 0.15) is 66.2 Å². The van der Waals surface area contributed by atoms with Crippen molar-refractivity contribution in [1.82, 2.24) is 10.2 Å². The summed E-state index contributed by atoms with van der Waals surface area (Å²) < 4.78 is 0. The van der Waals surface area contributed by atoms with Gasteiger partial charge in [0.05, 0.1) is 6.07 Å². The molecule has 0 aromatic carbocycles. The quantitative estimate of drug-likeness (QED) is 0.842. The minimum atomic E-state index is -0.264. The predicted molar refractivity (Wildman–Crippen MR) is 88.0 cm³/mol. The second-order valence-corrected chi connectivity index (χ2v) is 8.30. The molecular formula is C18H33N3. The van der Waals surface area contributed by atoms with Crippen LogP contribution in [0, 0.1) is 22.7 Å². The zero-order valence-corrected chi connectivity index (χ0v) is 14.4. The molecule has 2 rings (SSSR count). The summed E-state index contributed by atoms with van der Waals surface area (Å²) in [5.41, 5.74) is 0.204. The minimum absolute atomic E-state index is 0.264. The summed E-state index contributed by atoms with van der Waals surface area (Å²) in [7, 11) is 0. The Hall–Kier alpha value is -0.590. The average molecular weight is 291 g/mol. The minimum Gasteiger partial charge on any atom is -0.303 e. The third-order valence-electron chi connectivity index (χ3n) is 5.34. The summed E-state index contributed by atoms with van der Waals surface area (Å²) in [5, 5.41) is 13.3. The number of hydrogen-bond donors (Lipinski definition) is 1.